The van der Waals surface area contributed by atoms with Gasteiger partial charge in [0.1, 0.15) is 17.3 Å². The summed E-state index contributed by atoms with van der Waals surface area (Å²) in [6, 6.07) is 1.72. The molecule has 0 bridgehead atoms. The van der Waals surface area contributed by atoms with Crippen LogP contribution in [0.15, 0.2) is 12.3 Å². The molecule has 4 rings (SSSR count). The first-order valence-electron chi connectivity index (χ1n) is 9.19. The van der Waals surface area contributed by atoms with Crippen LogP contribution in [0.5, 0.6) is 0 Å². The lowest BCUT2D eigenvalue weighted by atomic mass is 9.97. The molecule has 9 nitrogen and oxygen atoms in total. The summed E-state index contributed by atoms with van der Waals surface area (Å²) >= 11 is 0. The van der Waals surface area contributed by atoms with Crippen LogP contribution >= 0.6 is 0 Å². The van der Waals surface area contributed by atoms with Gasteiger partial charge in [-0.25, -0.2) is 0 Å². The lowest BCUT2D eigenvalue weighted by molar-refractivity contribution is 0.0326. The second-order valence-corrected chi connectivity index (χ2v) is 6.98. The average molecular weight is 359 g/mol. The molecule has 2 saturated heterocycles. The molecular formula is C17H25N7O2. The number of ether oxygens (including phenoxy) is 1. The number of amides is 1. The van der Waals surface area contributed by atoms with Gasteiger partial charge in [0, 0.05) is 45.3 Å². The monoisotopic (exact) mass is 359 g/mol. The van der Waals surface area contributed by atoms with Crippen molar-refractivity contribution in [3.8, 4) is 0 Å². The third-order valence-electron chi connectivity index (χ3n) is 5.27. The number of morpholine rings is 1. The molecule has 26 heavy (non-hydrogen) atoms. The van der Waals surface area contributed by atoms with E-state index in [2.05, 4.69) is 29.9 Å². The van der Waals surface area contributed by atoms with E-state index in [0.717, 1.165) is 63.9 Å². The number of piperidine rings is 1. The Labute approximate surface area is 152 Å². The molecule has 1 amide bonds. The van der Waals surface area contributed by atoms with Crippen molar-refractivity contribution in [2.75, 3.05) is 39.4 Å². The van der Waals surface area contributed by atoms with Gasteiger partial charge >= 0.3 is 0 Å². The van der Waals surface area contributed by atoms with Gasteiger partial charge in [0.2, 0.25) is 0 Å². The van der Waals surface area contributed by atoms with Gasteiger partial charge in [-0.15, -0.1) is 10.2 Å². The molecule has 0 radical (unpaired) electrons. The smallest absolute Gasteiger partial charge is 0.271 e. The Morgan fingerprint density at radius 3 is 2.92 bits per heavy atom. The highest BCUT2D eigenvalue weighted by molar-refractivity contribution is 5.92. The van der Waals surface area contributed by atoms with Crippen LogP contribution in [0.2, 0.25) is 0 Å². The number of nitrogens with zero attached hydrogens (tertiary/aromatic N) is 6. The van der Waals surface area contributed by atoms with Crippen molar-refractivity contribution in [2.24, 2.45) is 7.05 Å². The number of aromatic nitrogens is 5. The number of aromatic amines is 1. The van der Waals surface area contributed by atoms with Crippen LogP contribution in [0, 0.1) is 0 Å². The van der Waals surface area contributed by atoms with Crippen molar-refractivity contribution in [3.63, 3.8) is 0 Å². The van der Waals surface area contributed by atoms with E-state index >= 15 is 0 Å². The van der Waals surface area contributed by atoms with Crippen LogP contribution in [0.1, 0.15) is 40.9 Å². The Hall–Kier alpha value is -2.26. The number of nitrogens with one attached hydrogen (secondary N) is 1. The van der Waals surface area contributed by atoms with Gasteiger partial charge in [0.05, 0.1) is 19.8 Å². The van der Waals surface area contributed by atoms with Crippen molar-refractivity contribution in [3.05, 3.63) is 29.6 Å². The molecule has 140 valence electrons. The van der Waals surface area contributed by atoms with Crippen molar-refractivity contribution >= 4 is 5.91 Å². The van der Waals surface area contributed by atoms with Crippen LogP contribution in [-0.4, -0.2) is 80.1 Å². The number of rotatable bonds is 4. The molecule has 0 aromatic carbocycles. The van der Waals surface area contributed by atoms with Crippen LogP contribution in [0.3, 0.4) is 0 Å². The molecule has 2 fully saturated rings. The van der Waals surface area contributed by atoms with Gasteiger partial charge in [-0.1, -0.05) is 0 Å². The maximum absolute atomic E-state index is 12.6. The maximum Gasteiger partial charge on any atom is 0.271 e. The van der Waals surface area contributed by atoms with Gasteiger partial charge in [0.15, 0.2) is 0 Å². The molecule has 1 N–H and O–H groups in total. The van der Waals surface area contributed by atoms with E-state index in [9.17, 15) is 4.79 Å². The van der Waals surface area contributed by atoms with Gasteiger partial charge in [-0.05, 0) is 18.9 Å². The maximum atomic E-state index is 12.6. The molecule has 4 heterocycles. The quantitative estimate of drug-likeness (QED) is 0.849. The molecule has 0 aliphatic carbocycles. The first-order chi connectivity index (χ1) is 12.7. The number of likely N-dealkylation sites (tertiary alicyclic amines) is 1. The predicted molar refractivity (Wildman–Crippen MR) is 93.6 cm³/mol. The number of H-pyrrole nitrogens is 1. The Morgan fingerprint density at radius 1 is 1.31 bits per heavy atom. The van der Waals surface area contributed by atoms with Gasteiger partial charge in [-0.2, -0.15) is 5.10 Å². The molecule has 9 heteroatoms. The molecule has 0 unspecified atom stereocenters. The summed E-state index contributed by atoms with van der Waals surface area (Å²) in [4.78, 5) is 16.8. The molecule has 2 aliphatic heterocycles. The molecular weight excluding hydrogens is 334 g/mol. The largest absolute Gasteiger partial charge is 0.379 e. The first-order valence-corrected chi connectivity index (χ1v) is 9.19. The van der Waals surface area contributed by atoms with Crippen molar-refractivity contribution in [1.82, 2.24) is 34.8 Å². The van der Waals surface area contributed by atoms with E-state index in [1.807, 2.05) is 11.9 Å². The van der Waals surface area contributed by atoms with Gasteiger partial charge in [-0.3, -0.25) is 14.8 Å². The van der Waals surface area contributed by atoms with Crippen LogP contribution in [0.25, 0.3) is 0 Å². The van der Waals surface area contributed by atoms with Crippen LogP contribution < -0.4 is 0 Å². The highest BCUT2D eigenvalue weighted by Gasteiger charge is 2.29. The van der Waals surface area contributed by atoms with E-state index < -0.39 is 0 Å². The molecule has 0 spiro atoms. The fourth-order valence-electron chi connectivity index (χ4n) is 3.75. The van der Waals surface area contributed by atoms with Gasteiger partial charge < -0.3 is 14.2 Å². The molecule has 2 aromatic rings. The van der Waals surface area contributed by atoms with E-state index in [4.69, 9.17) is 4.74 Å². The minimum absolute atomic E-state index is 0.00269. The zero-order valence-corrected chi connectivity index (χ0v) is 15.1. The Bertz CT molecular complexity index is 736. The fraction of sp³-hybridized carbons (Fsp3) is 0.647. The highest BCUT2D eigenvalue weighted by atomic mass is 16.5. The third-order valence-corrected chi connectivity index (χ3v) is 5.27. The minimum Gasteiger partial charge on any atom is -0.379 e. The summed E-state index contributed by atoms with van der Waals surface area (Å²) in [7, 11) is 2.03. The summed E-state index contributed by atoms with van der Waals surface area (Å²) in [5.74, 6) is 2.16. The number of hydrogen-bond acceptors (Lipinski definition) is 6. The average Bonchev–Trinajstić information content (AvgIpc) is 3.33. The standard InChI is InChI=1S/C17H25N7O2/c1-22-15(12-23-7-9-26-10-8-23)20-21-16(22)13-3-2-6-24(11-13)17(25)14-4-5-18-19-14/h4-5,13H,2-3,6-12H2,1H3,(H,18,19)/t13-/m1/s1. The van der Waals surface area contributed by atoms with Crippen molar-refractivity contribution < 1.29 is 9.53 Å². The summed E-state index contributed by atoms with van der Waals surface area (Å²) in [5.41, 5.74) is 0.539. The molecule has 1 atom stereocenters. The second kappa shape index (κ2) is 7.55. The van der Waals surface area contributed by atoms with Crippen LogP contribution in [-0.2, 0) is 18.3 Å². The lowest BCUT2D eigenvalue weighted by Crippen LogP contribution is -2.40. The van der Waals surface area contributed by atoms with E-state index in [1.54, 1.807) is 12.3 Å². The Morgan fingerprint density at radius 2 is 2.15 bits per heavy atom. The third kappa shape index (κ3) is 3.49. The topological polar surface area (TPSA) is 92.2 Å². The zero-order valence-electron chi connectivity index (χ0n) is 15.1. The molecule has 2 aromatic heterocycles. The predicted octanol–water partition coefficient (Wildman–Crippen LogP) is 0.390. The molecule has 0 saturated carbocycles. The summed E-state index contributed by atoms with van der Waals surface area (Å²) < 4.78 is 7.51. The van der Waals surface area contributed by atoms with Crippen molar-refractivity contribution in [1.29, 1.82) is 0 Å². The SMILES string of the molecule is Cn1c(CN2CCOCC2)nnc1[C@@H]1CCCN(C(=O)c2ccn[nH]2)C1. The summed E-state index contributed by atoms with van der Waals surface area (Å²) in [6.45, 7) is 5.64. The number of carbonyl (C=O) groups excluding carboxylic acids is 1. The number of hydrogen-bond donors (Lipinski definition) is 1. The Balaban J connectivity index is 1.44. The molecule has 2 aliphatic rings. The summed E-state index contributed by atoms with van der Waals surface area (Å²) in [5, 5.41) is 15.5. The second-order valence-electron chi connectivity index (χ2n) is 6.98. The highest BCUT2D eigenvalue weighted by Crippen LogP contribution is 2.26. The minimum atomic E-state index is 0.00269. The van der Waals surface area contributed by atoms with E-state index in [0.29, 0.717) is 12.2 Å². The normalized spacial score (nSPS) is 21.9. The summed E-state index contributed by atoms with van der Waals surface area (Å²) in [6.07, 6.45) is 3.60. The Kier molecular flexibility index (Phi) is 4.98. The van der Waals surface area contributed by atoms with E-state index in [1.165, 1.54) is 0 Å². The van der Waals surface area contributed by atoms with Gasteiger partial charge in [0.25, 0.3) is 5.91 Å². The lowest BCUT2D eigenvalue weighted by Gasteiger charge is -2.32. The van der Waals surface area contributed by atoms with Crippen LogP contribution in [0.4, 0.5) is 0 Å². The number of carbonyl (C=O) groups is 1. The zero-order chi connectivity index (χ0) is 17.9. The van der Waals surface area contributed by atoms with E-state index in [-0.39, 0.29) is 11.8 Å². The fourth-order valence-corrected chi connectivity index (χ4v) is 3.75. The first kappa shape index (κ1) is 17.2. The van der Waals surface area contributed by atoms with Crippen molar-refractivity contribution in [2.45, 2.75) is 25.3 Å².